The summed E-state index contributed by atoms with van der Waals surface area (Å²) in [5.74, 6) is 0.372. The fourth-order valence-corrected chi connectivity index (χ4v) is 1.87. The van der Waals surface area contributed by atoms with Gasteiger partial charge in [0, 0.05) is 0 Å². The molecular formula is C16H17NO3. The summed E-state index contributed by atoms with van der Waals surface area (Å²) in [5, 5.41) is 3.21. The fourth-order valence-electron chi connectivity index (χ4n) is 1.87. The van der Waals surface area contributed by atoms with Gasteiger partial charge in [0.15, 0.2) is 0 Å². The number of methoxy groups -OCH3 is 1. The Kier molecular flexibility index (Phi) is 4.60. The second-order valence-electron chi connectivity index (χ2n) is 4.09. The Morgan fingerprint density at radius 1 is 1.05 bits per heavy atom. The van der Waals surface area contributed by atoms with E-state index in [2.05, 4.69) is 5.32 Å². The number of ether oxygens (including phenoxy) is 2. The van der Waals surface area contributed by atoms with Crippen molar-refractivity contribution in [2.45, 2.75) is 6.92 Å². The van der Waals surface area contributed by atoms with Crippen molar-refractivity contribution in [3.63, 3.8) is 0 Å². The molecule has 0 bridgehead atoms. The molecule has 20 heavy (non-hydrogen) atoms. The quantitative estimate of drug-likeness (QED) is 0.844. The van der Waals surface area contributed by atoms with Crippen LogP contribution in [0.3, 0.4) is 0 Å². The fraction of sp³-hybridized carbons (Fsp3) is 0.188. The lowest BCUT2D eigenvalue weighted by molar-refractivity contribution is 0.0527. The smallest absolute Gasteiger partial charge is 0.340 e. The molecule has 104 valence electrons. The van der Waals surface area contributed by atoms with Gasteiger partial charge in [-0.15, -0.1) is 0 Å². The van der Waals surface area contributed by atoms with Crippen LogP contribution in [0, 0.1) is 0 Å². The number of anilines is 2. The minimum Gasteiger partial charge on any atom is -0.495 e. The molecule has 0 heterocycles. The van der Waals surface area contributed by atoms with Gasteiger partial charge in [-0.1, -0.05) is 24.3 Å². The first-order valence-electron chi connectivity index (χ1n) is 6.42. The summed E-state index contributed by atoms with van der Waals surface area (Å²) in [6.07, 6.45) is 0. The number of nitrogens with one attached hydrogen (secondary N) is 1. The Balaban J connectivity index is 2.32. The molecule has 0 aliphatic carbocycles. The first-order valence-corrected chi connectivity index (χ1v) is 6.42. The van der Waals surface area contributed by atoms with E-state index in [9.17, 15) is 4.79 Å². The van der Waals surface area contributed by atoms with Crippen LogP contribution in [0.15, 0.2) is 48.5 Å². The molecule has 0 unspecified atom stereocenters. The van der Waals surface area contributed by atoms with Gasteiger partial charge in [0.05, 0.1) is 30.7 Å². The highest BCUT2D eigenvalue weighted by Gasteiger charge is 2.12. The van der Waals surface area contributed by atoms with Crippen LogP contribution in [0.25, 0.3) is 0 Å². The summed E-state index contributed by atoms with van der Waals surface area (Å²) in [5.41, 5.74) is 1.99. The zero-order chi connectivity index (χ0) is 14.4. The topological polar surface area (TPSA) is 47.6 Å². The van der Waals surface area contributed by atoms with E-state index in [-0.39, 0.29) is 5.97 Å². The maximum absolute atomic E-state index is 11.9. The number of benzene rings is 2. The molecule has 0 aliphatic heterocycles. The third kappa shape index (κ3) is 3.09. The second kappa shape index (κ2) is 6.61. The van der Waals surface area contributed by atoms with Gasteiger partial charge >= 0.3 is 5.97 Å². The SMILES string of the molecule is CCOC(=O)c1ccccc1Nc1ccccc1OC. The summed E-state index contributed by atoms with van der Waals surface area (Å²) in [6, 6.07) is 14.8. The molecule has 1 N–H and O–H groups in total. The van der Waals surface area contributed by atoms with Crippen LogP contribution in [-0.4, -0.2) is 19.7 Å². The molecule has 0 amide bonds. The molecule has 2 rings (SSSR count). The molecule has 0 aromatic heterocycles. The van der Waals surface area contributed by atoms with E-state index in [1.165, 1.54) is 0 Å². The maximum Gasteiger partial charge on any atom is 0.340 e. The molecule has 0 aliphatic rings. The van der Waals surface area contributed by atoms with E-state index in [1.54, 1.807) is 26.2 Å². The number of carbonyl (C=O) groups excluding carboxylic acids is 1. The third-order valence-electron chi connectivity index (χ3n) is 2.80. The molecule has 0 saturated carbocycles. The first-order chi connectivity index (χ1) is 9.76. The van der Waals surface area contributed by atoms with Crippen LogP contribution in [-0.2, 0) is 4.74 Å². The second-order valence-corrected chi connectivity index (χ2v) is 4.09. The van der Waals surface area contributed by atoms with Gasteiger partial charge in [-0.25, -0.2) is 4.79 Å². The molecule has 2 aromatic carbocycles. The van der Waals surface area contributed by atoms with Gasteiger partial charge in [0.1, 0.15) is 5.75 Å². The number of rotatable bonds is 5. The van der Waals surface area contributed by atoms with Crippen molar-refractivity contribution in [3.8, 4) is 5.75 Å². The highest BCUT2D eigenvalue weighted by atomic mass is 16.5. The van der Waals surface area contributed by atoms with Gasteiger partial charge in [-0.05, 0) is 31.2 Å². The largest absolute Gasteiger partial charge is 0.495 e. The Morgan fingerprint density at radius 2 is 1.70 bits per heavy atom. The van der Waals surface area contributed by atoms with E-state index < -0.39 is 0 Å². The van der Waals surface area contributed by atoms with Gasteiger partial charge in [0.2, 0.25) is 0 Å². The zero-order valence-corrected chi connectivity index (χ0v) is 11.6. The van der Waals surface area contributed by atoms with E-state index in [0.29, 0.717) is 23.6 Å². The van der Waals surface area contributed by atoms with Crippen molar-refractivity contribution in [2.24, 2.45) is 0 Å². The van der Waals surface area contributed by atoms with Crippen LogP contribution in [0.4, 0.5) is 11.4 Å². The molecule has 0 radical (unpaired) electrons. The van der Waals surface area contributed by atoms with Crippen molar-refractivity contribution < 1.29 is 14.3 Å². The first kappa shape index (κ1) is 13.9. The van der Waals surface area contributed by atoms with Crippen LogP contribution in [0.1, 0.15) is 17.3 Å². The van der Waals surface area contributed by atoms with Crippen molar-refractivity contribution in [3.05, 3.63) is 54.1 Å². The van der Waals surface area contributed by atoms with Crippen molar-refractivity contribution in [1.82, 2.24) is 0 Å². The predicted octanol–water partition coefficient (Wildman–Crippen LogP) is 3.62. The van der Waals surface area contributed by atoms with Crippen molar-refractivity contribution >= 4 is 17.3 Å². The minimum atomic E-state index is -0.342. The molecular weight excluding hydrogens is 254 g/mol. The summed E-state index contributed by atoms with van der Waals surface area (Å²) >= 11 is 0. The number of carbonyl (C=O) groups is 1. The highest BCUT2D eigenvalue weighted by molar-refractivity contribution is 5.96. The Labute approximate surface area is 118 Å². The molecule has 0 atom stereocenters. The maximum atomic E-state index is 11.9. The van der Waals surface area contributed by atoms with Gasteiger partial charge < -0.3 is 14.8 Å². The van der Waals surface area contributed by atoms with E-state index >= 15 is 0 Å². The Morgan fingerprint density at radius 3 is 2.40 bits per heavy atom. The molecule has 0 spiro atoms. The molecule has 0 fully saturated rings. The van der Waals surface area contributed by atoms with Crippen molar-refractivity contribution in [2.75, 3.05) is 19.0 Å². The average molecular weight is 271 g/mol. The highest BCUT2D eigenvalue weighted by Crippen LogP contribution is 2.28. The number of para-hydroxylation sites is 3. The van der Waals surface area contributed by atoms with E-state index in [0.717, 1.165) is 5.69 Å². The number of hydrogen-bond acceptors (Lipinski definition) is 4. The molecule has 4 nitrogen and oxygen atoms in total. The van der Waals surface area contributed by atoms with Crippen LogP contribution >= 0.6 is 0 Å². The van der Waals surface area contributed by atoms with Gasteiger partial charge in [-0.3, -0.25) is 0 Å². The monoisotopic (exact) mass is 271 g/mol. The van der Waals surface area contributed by atoms with Crippen LogP contribution in [0.5, 0.6) is 5.75 Å². The number of hydrogen-bond donors (Lipinski definition) is 1. The molecule has 0 saturated heterocycles. The summed E-state index contributed by atoms with van der Waals surface area (Å²) in [7, 11) is 1.61. The number of esters is 1. The van der Waals surface area contributed by atoms with Crippen LogP contribution < -0.4 is 10.1 Å². The van der Waals surface area contributed by atoms with Gasteiger partial charge in [0.25, 0.3) is 0 Å². The Bertz CT molecular complexity index is 596. The summed E-state index contributed by atoms with van der Waals surface area (Å²) in [6.45, 7) is 2.13. The lowest BCUT2D eigenvalue weighted by Crippen LogP contribution is -2.08. The summed E-state index contributed by atoms with van der Waals surface area (Å²) in [4.78, 5) is 11.9. The zero-order valence-electron chi connectivity index (χ0n) is 11.6. The molecule has 2 aromatic rings. The van der Waals surface area contributed by atoms with Gasteiger partial charge in [-0.2, -0.15) is 0 Å². The lowest BCUT2D eigenvalue weighted by Gasteiger charge is -2.13. The van der Waals surface area contributed by atoms with E-state index in [1.807, 2.05) is 36.4 Å². The minimum absolute atomic E-state index is 0.342. The van der Waals surface area contributed by atoms with Crippen LogP contribution in [0.2, 0.25) is 0 Å². The van der Waals surface area contributed by atoms with Crippen molar-refractivity contribution in [1.29, 1.82) is 0 Å². The normalized spacial score (nSPS) is 9.90. The summed E-state index contributed by atoms with van der Waals surface area (Å²) < 4.78 is 10.3. The lowest BCUT2D eigenvalue weighted by atomic mass is 10.1. The predicted molar refractivity (Wildman–Crippen MR) is 78.7 cm³/mol. The Hall–Kier alpha value is -2.49. The average Bonchev–Trinajstić information content (AvgIpc) is 2.48. The van der Waals surface area contributed by atoms with E-state index in [4.69, 9.17) is 9.47 Å². The third-order valence-corrected chi connectivity index (χ3v) is 2.80. The molecule has 4 heteroatoms. The standard InChI is InChI=1S/C16H17NO3/c1-3-20-16(18)12-8-4-5-9-13(12)17-14-10-6-7-11-15(14)19-2/h4-11,17H,3H2,1-2H3.